The van der Waals surface area contributed by atoms with E-state index in [0.29, 0.717) is 59.3 Å². The third kappa shape index (κ3) is 8.18. The fourth-order valence-corrected chi connectivity index (χ4v) is 7.18. The van der Waals surface area contributed by atoms with Gasteiger partial charge in [0.1, 0.15) is 23.0 Å². The number of pyridine rings is 1. The highest BCUT2D eigenvalue weighted by molar-refractivity contribution is 5.82. The number of carbonyl (C=O) groups is 1. The highest BCUT2D eigenvalue weighted by Gasteiger charge is 2.38. The van der Waals surface area contributed by atoms with E-state index in [4.69, 9.17) is 19.2 Å². The van der Waals surface area contributed by atoms with Crippen molar-refractivity contribution in [1.29, 1.82) is 0 Å². The summed E-state index contributed by atoms with van der Waals surface area (Å²) < 4.78 is 65.3. The average Bonchev–Trinajstić information content (AvgIpc) is 3.51. The summed E-state index contributed by atoms with van der Waals surface area (Å²) in [6.07, 6.45) is -0.490. The van der Waals surface area contributed by atoms with Gasteiger partial charge in [-0.15, -0.1) is 13.2 Å². The van der Waals surface area contributed by atoms with Crippen molar-refractivity contribution >= 4 is 17.4 Å². The Morgan fingerprint density at radius 1 is 1.04 bits per heavy atom. The summed E-state index contributed by atoms with van der Waals surface area (Å²) >= 11 is 0. The molecule has 2 atom stereocenters. The molecule has 6 bridgehead atoms. The van der Waals surface area contributed by atoms with Gasteiger partial charge in [-0.25, -0.2) is 9.78 Å². The molecule has 2 aromatic carbocycles. The van der Waals surface area contributed by atoms with Crippen molar-refractivity contribution in [2.75, 3.05) is 24.6 Å². The van der Waals surface area contributed by atoms with Crippen LogP contribution in [0.1, 0.15) is 89.5 Å². The first kappa shape index (κ1) is 37.5. The third-order valence-corrected chi connectivity index (χ3v) is 9.99. The van der Waals surface area contributed by atoms with E-state index in [2.05, 4.69) is 16.6 Å². The molecule has 0 spiro atoms. The number of anilines is 1. The van der Waals surface area contributed by atoms with Crippen LogP contribution in [0.3, 0.4) is 0 Å². The fourth-order valence-electron chi connectivity index (χ4n) is 7.18. The standard InChI is InChI=1S/C40H48F3N3O6/c1-24-11-8-9-20-49-39(7)16-18-45(19-17-39)36-33(34(37(47)48)52-38(4,5)6)25(2)26(3)35-44-31(23-46(35)36)28-13-10-12-27(21-28)30-22-29(51-40(41,42)43)14-15-32(30)50-24/h10,12-15,21-24,34H,8-9,11,16-20H2,1-7H3,(H,47,48). The minimum Gasteiger partial charge on any atom is -0.490 e. The van der Waals surface area contributed by atoms with E-state index in [0.717, 1.165) is 48.8 Å². The Labute approximate surface area is 302 Å². The molecule has 0 aliphatic carbocycles. The zero-order valence-corrected chi connectivity index (χ0v) is 30.9. The molecule has 4 aromatic rings. The Kier molecular flexibility index (Phi) is 10.3. The molecule has 1 N–H and O–H groups in total. The van der Waals surface area contributed by atoms with Crippen molar-refractivity contribution in [3.63, 3.8) is 0 Å². The number of aliphatic carboxylic acids is 1. The van der Waals surface area contributed by atoms with Gasteiger partial charge in [0.15, 0.2) is 6.10 Å². The molecule has 1 fully saturated rings. The second-order valence-corrected chi connectivity index (χ2v) is 15.3. The van der Waals surface area contributed by atoms with Gasteiger partial charge in [-0.1, -0.05) is 18.2 Å². The number of alkyl halides is 3. The van der Waals surface area contributed by atoms with Crippen molar-refractivity contribution in [3.8, 4) is 33.9 Å². The molecule has 2 unspecified atom stereocenters. The molecule has 9 nitrogen and oxygen atoms in total. The number of rotatable bonds is 4. The Bertz CT molecular complexity index is 1940. The van der Waals surface area contributed by atoms with Gasteiger partial charge in [0, 0.05) is 42.6 Å². The van der Waals surface area contributed by atoms with Gasteiger partial charge in [0.2, 0.25) is 0 Å². The number of ether oxygens (including phenoxy) is 4. The summed E-state index contributed by atoms with van der Waals surface area (Å²) in [6.45, 7) is 15.3. The zero-order valence-electron chi connectivity index (χ0n) is 30.9. The van der Waals surface area contributed by atoms with Crippen LogP contribution >= 0.6 is 0 Å². The third-order valence-electron chi connectivity index (χ3n) is 9.99. The highest BCUT2D eigenvalue weighted by Crippen LogP contribution is 2.42. The number of imidazole rings is 1. The quantitative estimate of drug-likeness (QED) is 0.223. The Hall–Kier alpha value is -4.29. The summed E-state index contributed by atoms with van der Waals surface area (Å²) in [7, 11) is 0. The molecular weight excluding hydrogens is 675 g/mol. The number of carboxylic acids is 1. The number of halogens is 3. The van der Waals surface area contributed by atoms with Crippen molar-refractivity contribution in [1.82, 2.24) is 9.38 Å². The maximum Gasteiger partial charge on any atom is 0.573 e. The largest absolute Gasteiger partial charge is 0.573 e. The maximum atomic E-state index is 13.3. The second kappa shape index (κ2) is 14.3. The summed E-state index contributed by atoms with van der Waals surface area (Å²) in [5, 5.41) is 10.6. The van der Waals surface area contributed by atoms with Gasteiger partial charge >= 0.3 is 12.3 Å². The molecule has 0 amide bonds. The van der Waals surface area contributed by atoms with Crippen molar-refractivity contribution in [2.24, 2.45) is 0 Å². The average molecular weight is 724 g/mol. The molecule has 7 rings (SSSR count). The van der Waals surface area contributed by atoms with Crippen LogP contribution in [-0.4, -0.2) is 63.8 Å². The molecule has 0 radical (unpaired) electrons. The van der Waals surface area contributed by atoms with Crippen molar-refractivity contribution in [3.05, 3.63) is 65.4 Å². The molecule has 0 saturated carbocycles. The van der Waals surface area contributed by atoms with E-state index in [9.17, 15) is 23.1 Å². The van der Waals surface area contributed by atoms with Crippen LogP contribution in [-0.2, 0) is 14.3 Å². The van der Waals surface area contributed by atoms with E-state index >= 15 is 0 Å². The van der Waals surface area contributed by atoms with E-state index in [1.54, 1.807) is 0 Å². The lowest BCUT2D eigenvalue weighted by Gasteiger charge is -2.42. The van der Waals surface area contributed by atoms with E-state index in [1.807, 2.05) is 76.4 Å². The Morgan fingerprint density at radius 3 is 2.42 bits per heavy atom. The number of piperidine rings is 1. The van der Waals surface area contributed by atoms with Crippen LogP contribution in [0.4, 0.5) is 19.0 Å². The van der Waals surface area contributed by atoms with Crippen LogP contribution in [0, 0.1) is 13.8 Å². The summed E-state index contributed by atoms with van der Waals surface area (Å²) in [5.74, 6) is -0.280. The topological polar surface area (TPSA) is 94.8 Å². The number of hydrogen-bond donors (Lipinski definition) is 1. The van der Waals surface area contributed by atoms with Crippen LogP contribution in [0.25, 0.3) is 28.0 Å². The summed E-state index contributed by atoms with van der Waals surface area (Å²) in [6, 6.07) is 11.5. The maximum absolute atomic E-state index is 13.3. The highest BCUT2D eigenvalue weighted by atomic mass is 19.4. The smallest absolute Gasteiger partial charge is 0.490 e. The van der Waals surface area contributed by atoms with Crippen LogP contribution < -0.4 is 14.4 Å². The summed E-state index contributed by atoms with van der Waals surface area (Å²) in [4.78, 5) is 20.3. The Morgan fingerprint density at radius 2 is 1.75 bits per heavy atom. The van der Waals surface area contributed by atoms with Gasteiger partial charge in [-0.2, -0.15) is 0 Å². The lowest BCUT2D eigenvalue weighted by Crippen LogP contribution is -2.45. The first-order chi connectivity index (χ1) is 24.4. The predicted molar refractivity (Wildman–Crippen MR) is 193 cm³/mol. The minimum atomic E-state index is -4.85. The van der Waals surface area contributed by atoms with E-state index in [1.165, 1.54) is 18.2 Å². The van der Waals surface area contributed by atoms with Gasteiger partial charge in [-0.3, -0.25) is 4.40 Å². The molecule has 52 heavy (non-hydrogen) atoms. The molecular formula is C40H48F3N3O6. The first-order valence-electron chi connectivity index (χ1n) is 17.9. The van der Waals surface area contributed by atoms with E-state index < -0.39 is 24.0 Å². The SMILES string of the molecule is Cc1c(C(OC(C)(C)C)C(=O)O)c2n3cc(nc3c1C)-c1cccc(c1)-c1cc(OC(F)(F)F)ccc1OC(C)CCCCOC1(C)CCN2CC1. The minimum absolute atomic E-state index is 0.199. The number of aryl methyl sites for hydroxylation is 1. The van der Waals surface area contributed by atoms with Crippen LogP contribution in [0.5, 0.6) is 11.5 Å². The fraction of sp³-hybridized carbons (Fsp3) is 0.500. The number of nitrogens with zero attached hydrogens (tertiary/aromatic N) is 3. The molecule has 1 saturated heterocycles. The van der Waals surface area contributed by atoms with Gasteiger partial charge < -0.3 is 29.0 Å². The monoisotopic (exact) mass is 723 g/mol. The van der Waals surface area contributed by atoms with Crippen molar-refractivity contribution in [2.45, 2.75) is 110 Å². The normalized spacial score (nSPS) is 20.7. The number of hydrogen-bond acceptors (Lipinski definition) is 7. The van der Waals surface area contributed by atoms with Gasteiger partial charge in [-0.05, 0) is 122 Å². The number of carboxylic acid groups (broad SMARTS) is 1. The second-order valence-electron chi connectivity index (χ2n) is 15.3. The van der Waals surface area contributed by atoms with Crippen LogP contribution in [0.2, 0.25) is 0 Å². The number of aromatic nitrogens is 2. The van der Waals surface area contributed by atoms with Gasteiger partial charge in [0.25, 0.3) is 0 Å². The molecule has 3 aliphatic rings. The van der Waals surface area contributed by atoms with E-state index in [-0.39, 0.29) is 17.5 Å². The molecule has 5 heterocycles. The lowest BCUT2D eigenvalue weighted by atomic mass is 9.92. The number of benzene rings is 2. The lowest BCUT2D eigenvalue weighted by molar-refractivity contribution is -0.274. The zero-order chi connectivity index (χ0) is 37.6. The molecule has 3 aliphatic heterocycles. The molecule has 12 heteroatoms. The predicted octanol–water partition coefficient (Wildman–Crippen LogP) is 9.45. The molecule has 2 aromatic heterocycles. The first-order valence-corrected chi connectivity index (χ1v) is 17.9. The number of fused-ring (bicyclic) bond motifs is 8. The van der Waals surface area contributed by atoms with Crippen LogP contribution in [0.15, 0.2) is 48.7 Å². The molecule has 280 valence electrons. The van der Waals surface area contributed by atoms with Crippen molar-refractivity contribution < 1.29 is 42.0 Å². The van der Waals surface area contributed by atoms with Gasteiger partial charge in [0.05, 0.1) is 23.0 Å². The summed E-state index contributed by atoms with van der Waals surface area (Å²) in [5.41, 5.74) is 4.18. The Balaban J connectivity index is 1.56.